The molecular formula is C8H19NSi. The average Bonchev–Trinajstić information content (AvgIpc) is 1.59. The molecule has 0 N–H and O–H groups in total. The maximum Gasteiger partial charge on any atom is 0.0857 e. The Balaban J connectivity index is 3.86. The number of hydrogen-bond acceptors (Lipinski definition) is 1. The first-order valence-corrected chi connectivity index (χ1v) is 7.05. The van der Waals surface area contributed by atoms with Crippen molar-refractivity contribution in [1.82, 2.24) is 4.90 Å². The number of nitrogens with zero attached hydrogens (tertiary/aromatic N) is 1. The Hall–Kier alpha value is -0.0831. The molecule has 0 aromatic heterocycles. The topological polar surface area (TPSA) is 3.24 Å². The van der Waals surface area contributed by atoms with Gasteiger partial charge in [0.15, 0.2) is 0 Å². The minimum absolute atomic E-state index is 1.02. The van der Waals surface area contributed by atoms with E-state index in [2.05, 4.69) is 50.8 Å². The molecule has 10 heavy (non-hydrogen) atoms. The molecule has 0 saturated carbocycles. The zero-order valence-corrected chi connectivity index (χ0v) is 8.81. The second kappa shape index (κ2) is 3.94. The SMILES string of the molecule is C/C=C\[Si](C)(C)CN(C)C. The molecule has 0 fully saturated rings. The van der Waals surface area contributed by atoms with Crippen LogP contribution in [0.5, 0.6) is 0 Å². The van der Waals surface area contributed by atoms with Crippen molar-refractivity contribution in [3.05, 3.63) is 11.8 Å². The molecule has 0 aromatic carbocycles. The Morgan fingerprint density at radius 2 is 1.80 bits per heavy atom. The number of hydrogen-bond donors (Lipinski definition) is 0. The summed E-state index contributed by atoms with van der Waals surface area (Å²) in [6.45, 7) is 6.87. The van der Waals surface area contributed by atoms with Gasteiger partial charge in [0.1, 0.15) is 0 Å². The van der Waals surface area contributed by atoms with E-state index < -0.39 is 8.07 Å². The van der Waals surface area contributed by atoms with Crippen molar-refractivity contribution < 1.29 is 0 Å². The minimum Gasteiger partial charge on any atom is -0.312 e. The maximum atomic E-state index is 2.38. The summed E-state index contributed by atoms with van der Waals surface area (Å²) in [5.74, 6) is 0. The molecule has 0 atom stereocenters. The highest BCUT2D eigenvalue weighted by atomic mass is 28.3. The largest absolute Gasteiger partial charge is 0.312 e. The van der Waals surface area contributed by atoms with Crippen molar-refractivity contribution in [3.8, 4) is 0 Å². The van der Waals surface area contributed by atoms with Crippen molar-refractivity contribution >= 4 is 8.07 Å². The van der Waals surface area contributed by atoms with Crippen molar-refractivity contribution in [1.29, 1.82) is 0 Å². The summed E-state index contributed by atoms with van der Waals surface area (Å²) in [7, 11) is 3.25. The summed E-state index contributed by atoms with van der Waals surface area (Å²) < 4.78 is 0. The quantitative estimate of drug-likeness (QED) is 0.566. The van der Waals surface area contributed by atoms with Crippen LogP contribution in [0.2, 0.25) is 13.1 Å². The predicted octanol–water partition coefficient (Wildman–Crippen LogP) is 1.91. The molecule has 0 radical (unpaired) electrons. The molecule has 0 aliphatic rings. The van der Waals surface area contributed by atoms with Gasteiger partial charge < -0.3 is 4.90 Å². The molecule has 0 saturated heterocycles. The Morgan fingerprint density at radius 1 is 1.30 bits per heavy atom. The van der Waals surface area contributed by atoms with E-state index in [1.807, 2.05) is 0 Å². The second-order valence-electron chi connectivity index (χ2n) is 3.73. The number of allylic oxidation sites excluding steroid dienone is 1. The van der Waals surface area contributed by atoms with E-state index in [0.29, 0.717) is 0 Å². The molecule has 60 valence electrons. The van der Waals surface area contributed by atoms with Crippen molar-refractivity contribution in [2.45, 2.75) is 20.0 Å². The molecule has 0 aliphatic heterocycles. The van der Waals surface area contributed by atoms with Crippen LogP contribution < -0.4 is 0 Å². The van der Waals surface area contributed by atoms with Crippen molar-refractivity contribution in [3.63, 3.8) is 0 Å². The summed E-state index contributed by atoms with van der Waals surface area (Å²) in [6.07, 6.45) is 3.42. The highest BCUT2D eigenvalue weighted by Crippen LogP contribution is 2.04. The van der Waals surface area contributed by atoms with E-state index in [1.54, 1.807) is 0 Å². The second-order valence-corrected chi connectivity index (χ2v) is 8.35. The van der Waals surface area contributed by atoms with Gasteiger partial charge in [0, 0.05) is 0 Å². The van der Waals surface area contributed by atoms with E-state index in [9.17, 15) is 0 Å². The third kappa shape index (κ3) is 4.76. The van der Waals surface area contributed by atoms with Crippen LogP contribution in [0.25, 0.3) is 0 Å². The van der Waals surface area contributed by atoms with Crippen LogP contribution in [0.3, 0.4) is 0 Å². The van der Waals surface area contributed by atoms with Crippen LogP contribution in [0.4, 0.5) is 0 Å². The summed E-state index contributed by atoms with van der Waals surface area (Å²) in [5, 5.41) is 0. The first-order chi connectivity index (χ1) is 4.48. The van der Waals surface area contributed by atoms with Crippen molar-refractivity contribution in [2.24, 2.45) is 0 Å². The maximum absolute atomic E-state index is 2.38. The monoisotopic (exact) mass is 157 g/mol. The van der Waals surface area contributed by atoms with Crippen LogP contribution in [-0.4, -0.2) is 33.2 Å². The standard InChI is InChI=1S/C8H19NSi/c1-6-7-10(4,5)8-9(2)3/h6-7H,8H2,1-5H3/b7-6-. The van der Waals surface area contributed by atoms with E-state index in [1.165, 1.54) is 6.17 Å². The van der Waals surface area contributed by atoms with Gasteiger partial charge in [-0.3, -0.25) is 0 Å². The summed E-state index contributed by atoms with van der Waals surface area (Å²) in [4.78, 5) is 2.27. The Labute approximate surface area is 65.7 Å². The van der Waals surface area contributed by atoms with E-state index in [-0.39, 0.29) is 0 Å². The lowest BCUT2D eigenvalue weighted by Gasteiger charge is -2.22. The zero-order chi connectivity index (χ0) is 8.20. The normalized spacial score (nSPS) is 13.4. The van der Waals surface area contributed by atoms with Crippen LogP contribution >= 0.6 is 0 Å². The lowest BCUT2D eigenvalue weighted by Crippen LogP contribution is -2.37. The molecule has 0 spiro atoms. The highest BCUT2D eigenvalue weighted by molar-refractivity contribution is 6.82. The summed E-state index contributed by atoms with van der Waals surface area (Å²) >= 11 is 0. The third-order valence-electron chi connectivity index (χ3n) is 1.34. The molecule has 2 heteroatoms. The van der Waals surface area contributed by atoms with Crippen LogP contribution in [0, 0.1) is 0 Å². The van der Waals surface area contributed by atoms with E-state index >= 15 is 0 Å². The van der Waals surface area contributed by atoms with Gasteiger partial charge in [-0.15, -0.1) is 0 Å². The zero-order valence-electron chi connectivity index (χ0n) is 7.81. The van der Waals surface area contributed by atoms with Gasteiger partial charge in [-0.05, 0) is 27.2 Å². The van der Waals surface area contributed by atoms with E-state index in [4.69, 9.17) is 0 Å². The minimum atomic E-state index is -1.02. The Bertz CT molecular complexity index is 116. The fourth-order valence-corrected chi connectivity index (χ4v) is 3.96. The molecule has 0 bridgehead atoms. The number of rotatable bonds is 3. The van der Waals surface area contributed by atoms with Gasteiger partial charge in [0.2, 0.25) is 0 Å². The van der Waals surface area contributed by atoms with Crippen LogP contribution in [0.1, 0.15) is 6.92 Å². The molecule has 0 unspecified atom stereocenters. The molecule has 0 aliphatic carbocycles. The molecule has 1 nitrogen and oxygen atoms in total. The fourth-order valence-electron chi connectivity index (χ4n) is 1.32. The molecule has 0 rings (SSSR count). The van der Waals surface area contributed by atoms with E-state index in [0.717, 1.165) is 0 Å². The average molecular weight is 157 g/mol. The van der Waals surface area contributed by atoms with Gasteiger partial charge >= 0.3 is 0 Å². The van der Waals surface area contributed by atoms with Gasteiger partial charge in [-0.2, -0.15) is 0 Å². The van der Waals surface area contributed by atoms with Gasteiger partial charge in [-0.1, -0.05) is 24.9 Å². The van der Waals surface area contributed by atoms with Gasteiger partial charge in [0.05, 0.1) is 8.07 Å². The summed E-state index contributed by atoms with van der Waals surface area (Å²) in [6, 6.07) is 0. The Kier molecular flexibility index (Phi) is 3.90. The smallest absolute Gasteiger partial charge is 0.0857 e. The molecule has 0 aromatic rings. The first kappa shape index (κ1) is 9.92. The van der Waals surface area contributed by atoms with Crippen LogP contribution in [0.15, 0.2) is 11.8 Å². The summed E-state index contributed by atoms with van der Waals surface area (Å²) in [5.41, 5.74) is 2.38. The van der Waals surface area contributed by atoms with Crippen LogP contribution in [-0.2, 0) is 0 Å². The Morgan fingerprint density at radius 3 is 2.10 bits per heavy atom. The van der Waals surface area contributed by atoms with Gasteiger partial charge in [-0.25, -0.2) is 0 Å². The molecule has 0 heterocycles. The predicted molar refractivity (Wildman–Crippen MR) is 50.9 cm³/mol. The molecule has 0 amide bonds. The highest BCUT2D eigenvalue weighted by Gasteiger charge is 2.16. The first-order valence-electron chi connectivity index (χ1n) is 3.76. The lowest BCUT2D eigenvalue weighted by molar-refractivity contribution is 0.472. The lowest BCUT2D eigenvalue weighted by atomic mass is 10.8. The fraction of sp³-hybridized carbons (Fsp3) is 0.750. The molecular weight excluding hydrogens is 138 g/mol. The van der Waals surface area contributed by atoms with Gasteiger partial charge in [0.25, 0.3) is 0 Å². The third-order valence-corrected chi connectivity index (χ3v) is 4.02. The van der Waals surface area contributed by atoms with Crippen molar-refractivity contribution in [2.75, 3.05) is 20.3 Å².